The molecule has 1 aliphatic rings. The minimum atomic E-state index is -0.262. The zero-order valence-corrected chi connectivity index (χ0v) is 11.7. The van der Waals surface area contributed by atoms with Crippen LogP contribution in [-0.2, 0) is 9.53 Å². The molecule has 4 heteroatoms. The van der Waals surface area contributed by atoms with Crippen LogP contribution >= 0.6 is 0 Å². The van der Waals surface area contributed by atoms with E-state index in [0.717, 1.165) is 30.5 Å². The van der Waals surface area contributed by atoms with Gasteiger partial charge in [-0.2, -0.15) is 0 Å². The number of anilines is 1. The van der Waals surface area contributed by atoms with Gasteiger partial charge in [-0.3, -0.25) is 4.79 Å². The smallest absolute Gasteiger partial charge is 0.227 e. The molecular weight excluding hydrogens is 252 g/mol. The van der Waals surface area contributed by atoms with Gasteiger partial charge >= 0.3 is 0 Å². The molecule has 0 heterocycles. The Bertz CT molecular complexity index is 533. The van der Waals surface area contributed by atoms with E-state index in [1.807, 2.05) is 24.3 Å². The van der Waals surface area contributed by atoms with Gasteiger partial charge in [0.15, 0.2) is 0 Å². The Labute approximate surface area is 119 Å². The lowest BCUT2D eigenvalue weighted by Gasteiger charge is -2.39. The molecule has 1 aliphatic carbocycles. The number of carbonyl (C=O) groups is 1. The molecule has 3 N–H and O–H groups in total. The summed E-state index contributed by atoms with van der Waals surface area (Å²) in [6.45, 7) is 0.301. The summed E-state index contributed by atoms with van der Waals surface area (Å²) in [6, 6.07) is 7.48. The molecule has 1 fully saturated rings. The molecule has 106 valence electrons. The number of methoxy groups -OCH3 is 1. The molecule has 0 bridgehead atoms. The molecule has 1 aromatic rings. The Kier molecular flexibility index (Phi) is 4.78. The fourth-order valence-electron chi connectivity index (χ4n) is 2.36. The van der Waals surface area contributed by atoms with Gasteiger partial charge < -0.3 is 15.8 Å². The van der Waals surface area contributed by atoms with Gasteiger partial charge in [0, 0.05) is 12.7 Å². The van der Waals surface area contributed by atoms with Crippen LogP contribution in [0.5, 0.6) is 0 Å². The summed E-state index contributed by atoms with van der Waals surface area (Å²) in [5, 5.41) is 2.92. The third-order valence-corrected chi connectivity index (χ3v) is 3.71. The van der Waals surface area contributed by atoms with Gasteiger partial charge in [-0.25, -0.2) is 0 Å². The fraction of sp³-hybridized carbons (Fsp3) is 0.438. The van der Waals surface area contributed by atoms with Crippen molar-refractivity contribution in [3.05, 3.63) is 29.8 Å². The van der Waals surface area contributed by atoms with Crippen LogP contribution in [0.1, 0.15) is 31.2 Å². The van der Waals surface area contributed by atoms with Crippen LogP contribution in [0.2, 0.25) is 0 Å². The van der Waals surface area contributed by atoms with Crippen molar-refractivity contribution < 1.29 is 9.53 Å². The van der Waals surface area contributed by atoms with E-state index in [1.54, 1.807) is 7.11 Å². The number of ether oxygens (including phenoxy) is 1. The highest BCUT2D eigenvalue weighted by atomic mass is 16.5. The van der Waals surface area contributed by atoms with E-state index in [1.165, 1.54) is 0 Å². The summed E-state index contributed by atoms with van der Waals surface area (Å²) < 4.78 is 5.47. The van der Waals surface area contributed by atoms with E-state index in [4.69, 9.17) is 10.5 Å². The second-order valence-corrected chi connectivity index (χ2v) is 5.02. The summed E-state index contributed by atoms with van der Waals surface area (Å²) in [4.78, 5) is 12.1. The van der Waals surface area contributed by atoms with Gasteiger partial charge in [0.25, 0.3) is 0 Å². The summed E-state index contributed by atoms with van der Waals surface area (Å²) in [7, 11) is 1.67. The maximum absolute atomic E-state index is 12.1. The number of nitrogens with one attached hydrogen (secondary N) is 1. The van der Waals surface area contributed by atoms with Crippen LogP contribution in [0, 0.1) is 11.8 Å². The van der Waals surface area contributed by atoms with Gasteiger partial charge in [-0.05, 0) is 31.4 Å². The van der Waals surface area contributed by atoms with Crippen molar-refractivity contribution in [2.75, 3.05) is 19.0 Å². The van der Waals surface area contributed by atoms with E-state index < -0.39 is 0 Å². The van der Waals surface area contributed by atoms with Crippen LogP contribution in [0.15, 0.2) is 24.3 Å². The summed E-state index contributed by atoms with van der Waals surface area (Å²) in [5.74, 6) is 5.73. The van der Waals surface area contributed by atoms with Crippen molar-refractivity contribution in [3.63, 3.8) is 0 Å². The average Bonchev–Trinajstić information content (AvgIpc) is 2.42. The van der Waals surface area contributed by atoms with Gasteiger partial charge in [0.2, 0.25) is 5.91 Å². The Morgan fingerprint density at radius 2 is 2.20 bits per heavy atom. The lowest BCUT2D eigenvalue weighted by Crippen LogP contribution is -2.42. The van der Waals surface area contributed by atoms with Crippen LogP contribution in [0.25, 0.3) is 0 Å². The SMILES string of the molecule is COC1(CC(=O)Nc2ccccc2C#CCN)CCC1. The van der Waals surface area contributed by atoms with E-state index in [0.29, 0.717) is 13.0 Å². The first kappa shape index (κ1) is 14.6. The predicted molar refractivity (Wildman–Crippen MR) is 79.2 cm³/mol. The highest BCUT2D eigenvalue weighted by Gasteiger charge is 2.39. The quantitative estimate of drug-likeness (QED) is 0.823. The number of para-hydroxylation sites is 1. The molecule has 2 rings (SSSR count). The van der Waals surface area contributed by atoms with Crippen LogP contribution < -0.4 is 11.1 Å². The number of carbonyl (C=O) groups excluding carboxylic acids is 1. The number of hydrogen-bond acceptors (Lipinski definition) is 3. The molecule has 4 nitrogen and oxygen atoms in total. The minimum absolute atomic E-state index is 0.0338. The van der Waals surface area contributed by atoms with Crippen LogP contribution in [0.4, 0.5) is 5.69 Å². The van der Waals surface area contributed by atoms with Crippen LogP contribution in [-0.4, -0.2) is 25.2 Å². The Balaban J connectivity index is 2.04. The van der Waals surface area contributed by atoms with E-state index in [-0.39, 0.29) is 11.5 Å². The van der Waals surface area contributed by atoms with Crippen molar-refractivity contribution in [1.29, 1.82) is 0 Å². The first-order chi connectivity index (χ1) is 9.69. The minimum Gasteiger partial charge on any atom is -0.378 e. The molecule has 1 amide bonds. The number of rotatable bonds is 4. The maximum atomic E-state index is 12.1. The normalized spacial score (nSPS) is 15.7. The highest BCUT2D eigenvalue weighted by molar-refractivity contribution is 5.92. The molecule has 0 spiro atoms. The first-order valence-electron chi connectivity index (χ1n) is 6.82. The van der Waals surface area contributed by atoms with E-state index in [9.17, 15) is 4.79 Å². The number of hydrogen-bond donors (Lipinski definition) is 2. The molecule has 1 saturated carbocycles. The first-order valence-corrected chi connectivity index (χ1v) is 6.82. The number of nitrogens with two attached hydrogens (primary N) is 1. The Hall–Kier alpha value is -1.83. The fourth-order valence-corrected chi connectivity index (χ4v) is 2.36. The van der Waals surface area contributed by atoms with Gasteiger partial charge in [-0.1, -0.05) is 24.0 Å². The molecule has 0 aliphatic heterocycles. The number of benzene rings is 1. The third-order valence-electron chi connectivity index (χ3n) is 3.71. The van der Waals surface area contributed by atoms with Gasteiger partial charge in [0.1, 0.15) is 0 Å². The average molecular weight is 272 g/mol. The summed E-state index contributed by atoms with van der Waals surface area (Å²) >= 11 is 0. The lowest BCUT2D eigenvalue weighted by molar-refractivity contribution is -0.129. The molecule has 0 aromatic heterocycles. The standard InChI is InChI=1S/C16H20N2O2/c1-20-16(9-5-10-16)12-15(19)18-14-8-3-2-6-13(14)7-4-11-17/h2-3,6,8H,5,9-12,17H2,1H3,(H,18,19). The summed E-state index contributed by atoms with van der Waals surface area (Å²) in [5.41, 5.74) is 6.62. The van der Waals surface area contributed by atoms with Crippen molar-refractivity contribution >= 4 is 11.6 Å². The molecule has 20 heavy (non-hydrogen) atoms. The molecule has 0 saturated heterocycles. The van der Waals surface area contributed by atoms with Crippen molar-refractivity contribution in [2.24, 2.45) is 5.73 Å². The van der Waals surface area contributed by atoms with E-state index in [2.05, 4.69) is 17.2 Å². The molecule has 0 atom stereocenters. The summed E-state index contributed by atoms with van der Waals surface area (Å²) in [6.07, 6.45) is 3.42. The zero-order chi connectivity index (χ0) is 14.4. The van der Waals surface area contributed by atoms with Gasteiger partial charge in [-0.15, -0.1) is 0 Å². The van der Waals surface area contributed by atoms with Crippen molar-refractivity contribution in [3.8, 4) is 11.8 Å². The van der Waals surface area contributed by atoms with E-state index >= 15 is 0 Å². The second kappa shape index (κ2) is 6.56. The zero-order valence-electron chi connectivity index (χ0n) is 11.7. The molecular formula is C16H20N2O2. The van der Waals surface area contributed by atoms with Crippen molar-refractivity contribution in [2.45, 2.75) is 31.3 Å². The topological polar surface area (TPSA) is 64.3 Å². The highest BCUT2D eigenvalue weighted by Crippen LogP contribution is 2.38. The molecule has 1 aromatic carbocycles. The number of amides is 1. The molecule has 0 radical (unpaired) electrons. The Morgan fingerprint density at radius 3 is 2.80 bits per heavy atom. The van der Waals surface area contributed by atoms with Crippen LogP contribution in [0.3, 0.4) is 0 Å². The van der Waals surface area contributed by atoms with Gasteiger partial charge in [0.05, 0.1) is 24.3 Å². The maximum Gasteiger partial charge on any atom is 0.227 e. The third kappa shape index (κ3) is 3.38. The monoisotopic (exact) mass is 272 g/mol. The predicted octanol–water partition coefficient (Wildman–Crippen LogP) is 1.89. The largest absolute Gasteiger partial charge is 0.378 e. The molecule has 0 unspecified atom stereocenters. The second-order valence-electron chi connectivity index (χ2n) is 5.02. The lowest BCUT2D eigenvalue weighted by atomic mass is 9.77. The Morgan fingerprint density at radius 1 is 1.45 bits per heavy atom. The van der Waals surface area contributed by atoms with Crippen molar-refractivity contribution in [1.82, 2.24) is 0 Å².